The lowest BCUT2D eigenvalue weighted by atomic mass is 10.2. The van der Waals surface area contributed by atoms with Crippen molar-refractivity contribution >= 4 is 51.6 Å². The van der Waals surface area contributed by atoms with Gasteiger partial charge in [-0.2, -0.15) is 0 Å². The molecule has 0 spiro atoms. The number of nitrogens with zero attached hydrogens (tertiary/aromatic N) is 2. The van der Waals surface area contributed by atoms with Gasteiger partial charge in [-0.1, -0.05) is 53.5 Å². The number of nitrogens with one attached hydrogen (secondary N) is 1. The summed E-state index contributed by atoms with van der Waals surface area (Å²) in [6.45, 7) is 0.186. The number of amidine groups is 1. The number of hydrogen-bond donors (Lipinski definition) is 2. The summed E-state index contributed by atoms with van der Waals surface area (Å²) in [7, 11) is 0. The number of benzene rings is 2. The molecule has 0 saturated carbocycles. The summed E-state index contributed by atoms with van der Waals surface area (Å²) in [4.78, 5) is 6.27. The zero-order valence-corrected chi connectivity index (χ0v) is 15.7. The number of hydrogen-bond acceptors (Lipinski definition) is 4. The normalized spacial score (nSPS) is 14.4. The Morgan fingerprint density at radius 3 is 2.46 bits per heavy atom. The van der Waals surface area contributed by atoms with E-state index in [1.807, 2.05) is 35.7 Å². The molecule has 0 bridgehead atoms. The molecular weight excluding hydrogens is 389 g/mol. The van der Waals surface area contributed by atoms with Crippen LogP contribution in [-0.2, 0) is 0 Å². The summed E-state index contributed by atoms with van der Waals surface area (Å²) in [5, 5.41) is 22.5. The van der Waals surface area contributed by atoms with Crippen molar-refractivity contribution in [2.45, 2.75) is 0 Å². The standard InChI is InChI=1S/C19H13Cl2N3OS/c20-12-6-13(21)8-14(7-12)24-9-16(25)17(18(24)22)19-23-15(10-26-19)11-4-2-1-3-5-11/h1-8,10,22,25H,9H2. The Balaban J connectivity index is 1.67. The second-order valence-corrected chi connectivity index (χ2v) is 7.52. The Kier molecular flexibility index (Phi) is 4.44. The number of thiazole rings is 1. The van der Waals surface area contributed by atoms with Crippen LogP contribution in [0.25, 0.3) is 16.8 Å². The number of aromatic nitrogens is 1. The Morgan fingerprint density at radius 2 is 1.77 bits per heavy atom. The fourth-order valence-electron chi connectivity index (χ4n) is 2.85. The smallest absolute Gasteiger partial charge is 0.139 e. The number of halogens is 2. The monoisotopic (exact) mass is 401 g/mol. The molecule has 0 amide bonds. The highest BCUT2D eigenvalue weighted by atomic mass is 35.5. The van der Waals surface area contributed by atoms with E-state index < -0.39 is 0 Å². The van der Waals surface area contributed by atoms with E-state index in [1.165, 1.54) is 11.3 Å². The van der Waals surface area contributed by atoms with Gasteiger partial charge in [-0.05, 0) is 18.2 Å². The van der Waals surface area contributed by atoms with Gasteiger partial charge in [0.1, 0.15) is 16.6 Å². The maximum Gasteiger partial charge on any atom is 0.139 e. The Hall–Kier alpha value is -2.34. The van der Waals surface area contributed by atoms with Crippen LogP contribution in [0.4, 0.5) is 5.69 Å². The summed E-state index contributed by atoms with van der Waals surface area (Å²) in [6, 6.07) is 14.9. The number of aliphatic hydroxyl groups excluding tert-OH is 1. The quantitative estimate of drug-likeness (QED) is 0.575. The molecule has 0 radical (unpaired) electrons. The first kappa shape index (κ1) is 17.1. The lowest BCUT2D eigenvalue weighted by Crippen LogP contribution is -2.26. The van der Waals surface area contributed by atoms with E-state index in [0.29, 0.717) is 26.3 Å². The van der Waals surface area contributed by atoms with Gasteiger partial charge in [0.25, 0.3) is 0 Å². The van der Waals surface area contributed by atoms with Crippen molar-refractivity contribution < 1.29 is 5.11 Å². The van der Waals surface area contributed by atoms with Gasteiger partial charge < -0.3 is 10.0 Å². The van der Waals surface area contributed by atoms with Crippen molar-refractivity contribution in [1.29, 1.82) is 5.41 Å². The van der Waals surface area contributed by atoms with Crippen molar-refractivity contribution in [3.63, 3.8) is 0 Å². The maximum atomic E-state index is 10.5. The van der Waals surface area contributed by atoms with Crippen LogP contribution in [0.15, 0.2) is 59.7 Å². The second kappa shape index (κ2) is 6.76. The minimum atomic E-state index is 0.111. The zero-order valence-electron chi connectivity index (χ0n) is 13.4. The van der Waals surface area contributed by atoms with Gasteiger partial charge in [0.15, 0.2) is 0 Å². The third kappa shape index (κ3) is 3.09. The van der Waals surface area contributed by atoms with Crippen LogP contribution in [0, 0.1) is 5.41 Å². The SMILES string of the molecule is N=C1C(c2nc(-c3ccccc3)cs2)=C(O)CN1c1cc(Cl)cc(Cl)c1. The van der Waals surface area contributed by atoms with Crippen LogP contribution in [0.1, 0.15) is 5.01 Å². The molecule has 0 aliphatic carbocycles. The molecule has 2 aromatic carbocycles. The lowest BCUT2D eigenvalue weighted by Gasteiger charge is -2.19. The van der Waals surface area contributed by atoms with Crippen molar-refractivity contribution in [1.82, 2.24) is 4.98 Å². The average molecular weight is 402 g/mol. The summed E-state index contributed by atoms with van der Waals surface area (Å²) < 4.78 is 0. The first-order valence-corrected chi connectivity index (χ1v) is 9.42. The van der Waals surface area contributed by atoms with Gasteiger partial charge in [0.2, 0.25) is 0 Å². The predicted octanol–water partition coefficient (Wildman–Crippen LogP) is 5.88. The topological polar surface area (TPSA) is 60.2 Å². The summed E-state index contributed by atoms with van der Waals surface area (Å²) >= 11 is 13.5. The van der Waals surface area contributed by atoms with E-state index in [2.05, 4.69) is 4.98 Å². The molecule has 2 N–H and O–H groups in total. The van der Waals surface area contributed by atoms with E-state index in [9.17, 15) is 5.11 Å². The molecule has 1 aliphatic rings. The molecule has 0 atom stereocenters. The van der Waals surface area contributed by atoms with Gasteiger partial charge in [0, 0.05) is 26.7 Å². The Labute approximate surface area is 164 Å². The first-order valence-electron chi connectivity index (χ1n) is 7.79. The molecule has 0 unspecified atom stereocenters. The highest BCUT2D eigenvalue weighted by Crippen LogP contribution is 2.36. The summed E-state index contributed by atoms with van der Waals surface area (Å²) in [6.07, 6.45) is 0. The van der Waals surface area contributed by atoms with Gasteiger partial charge in [-0.15, -0.1) is 11.3 Å². The van der Waals surface area contributed by atoms with Crippen molar-refractivity contribution in [3.05, 3.63) is 74.7 Å². The minimum Gasteiger partial charge on any atom is -0.510 e. The second-order valence-electron chi connectivity index (χ2n) is 5.79. The Morgan fingerprint density at radius 1 is 1.08 bits per heavy atom. The third-order valence-electron chi connectivity index (χ3n) is 4.05. The van der Waals surface area contributed by atoms with E-state index in [-0.39, 0.29) is 18.1 Å². The average Bonchev–Trinajstić information content (AvgIpc) is 3.19. The first-order chi connectivity index (χ1) is 12.5. The summed E-state index contributed by atoms with van der Waals surface area (Å²) in [5.74, 6) is 0.287. The molecule has 0 saturated heterocycles. The maximum absolute atomic E-state index is 10.5. The molecule has 4 rings (SSSR count). The molecule has 3 aromatic rings. The number of anilines is 1. The molecule has 7 heteroatoms. The van der Waals surface area contributed by atoms with Crippen LogP contribution in [0.3, 0.4) is 0 Å². The van der Waals surface area contributed by atoms with Crippen LogP contribution in [-0.4, -0.2) is 22.5 Å². The van der Waals surface area contributed by atoms with E-state index in [4.69, 9.17) is 28.6 Å². The molecule has 130 valence electrons. The summed E-state index contributed by atoms with van der Waals surface area (Å²) in [5.41, 5.74) is 2.92. The molecule has 1 aromatic heterocycles. The molecule has 26 heavy (non-hydrogen) atoms. The fraction of sp³-hybridized carbons (Fsp3) is 0.0526. The van der Waals surface area contributed by atoms with E-state index in [0.717, 1.165) is 11.3 Å². The number of rotatable bonds is 3. The van der Waals surface area contributed by atoms with Crippen LogP contribution < -0.4 is 4.90 Å². The molecular formula is C19H13Cl2N3OS. The van der Waals surface area contributed by atoms with Crippen LogP contribution in [0.5, 0.6) is 0 Å². The molecule has 0 fully saturated rings. The lowest BCUT2D eigenvalue weighted by molar-refractivity contribution is 0.411. The predicted molar refractivity (Wildman–Crippen MR) is 109 cm³/mol. The highest BCUT2D eigenvalue weighted by molar-refractivity contribution is 7.11. The van der Waals surface area contributed by atoms with Crippen molar-refractivity contribution in [2.24, 2.45) is 0 Å². The zero-order chi connectivity index (χ0) is 18.3. The van der Waals surface area contributed by atoms with Gasteiger partial charge in [0.05, 0.1) is 17.8 Å². The van der Waals surface area contributed by atoms with E-state index >= 15 is 0 Å². The van der Waals surface area contributed by atoms with Gasteiger partial charge >= 0.3 is 0 Å². The fourth-order valence-corrected chi connectivity index (χ4v) is 4.26. The molecule has 1 aliphatic heterocycles. The van der Waals surface area contributed by atoms with Crippen molar-refractivity contribution in [2.75, 3.05) is 11.4 Å². The molecule has 2 heterocycles. The minimum absolute atomic E-state index is 0.111. The van der Waals surface area contributed by atoms with Crippen LogP contribution >= 0.6 is 34.5 Å². The number of aliphatic hydroxyl groups is 1. The van der Waals surface area contributed by atoms with Crippen molar-refractivity contribution in [3.8, 4) is 11.3 Å². The van der Waals surface area contributed by atoms with E-state index in [1.54, 1.807) is 23.1 Å². The molecule has 4 nitrogen and oxygen atoms in total. The van der Waals surface area contributed by atoms with Gasteiger partial charge in [-0.25, -0.2) is 4.98 Å². The highest BCUT2D eigenvalue weighted by Gasteiger charge is 2.31. The Bertz CT molecular complexity index is 1010. The van der Waals surface area contributed by atoms with Gasteiger partial charge in [-0.3, -0.25) is 5.41 Å². The largest absolute Gasteiger partial charge is 0.510 e. The van der Waals surface area contributed by atoms with Crippen LogP contribution in [0.2, 0.25) is 10.0 Å². The third-order valence-corrected chi connectivity index (χ3v) is 5.35.